The van der Waals surface area contributed by atoms with Gasteiger partial charge in [-0.05, 0) is 36.9 Å². The Kier molecular flexibility index (Phi) is 4.31. The first-order valence-corrected chi connectivity index (χ1v) is 8.92. The highest BCUT2D eigenvalue weighted by Crippen LogP contribution is 2.35. The zero-order valence-electron chi connectivity index (χ0n) is 14.6. The summed E-state index contributed by atoms with van der Waals surface area (Å²) in [7, 11) is 1.99. The third-order valence-corrected chi connectivity index (χ3v) is 5.66. The van der Waals surface area contributed by atoms with Crippen LogP contribution in [-0.4, -0.2) is 39.2 Å². The number of likely N-dealkylation sites (N-methyl/N-ethyl adjacent to an activating group) is 1. The Hall–Kier alpha value is -1.86. The van der Waals surface area contributed by atoms with E-state index < -0.39 is 18.0 Å². The summed E-state index contributed by atoms with van der Waals surface area (Å²) in [4.78, 5) is 5.89. The lowest BCUT2D eigenvalue weighted by Gasteiger charge is -2.32. The molecule has 1 aromatic heterocycles. The van der Waals surface area contributed by atoms with Crippen molar-refractivity contribution in [1.29, 1.82) is 0 Å². The number of aliphatic hydroxyl groups is 1. The number of halogens is 3. The van der Waals surface area contributed by atoms with Crippen molar-refractivity contribution in [3.05, 3.63) is 53.1 Å². The molecule has 26 heavy (non-hydrogen) atoms. The minimum absolute atomic E-state index is 0.0160. The number of aliphatic hydroxyl groups excluding tert-OH is 1. The molecule has 2 aromatic rings. The van der Waals surface area contributed by atoms with E-state index in [4.69, 9.17) is 0 Å². The number of nitrogens with zero attached hydrogens (tertiary/aromatic N) is 3. The van der Waals surface area contributed by atoms with Crippen molar-refractivity contribution in [1.82, 2.24) is 14.5 Å². The SMILES string of the molecule is CN(C[C@@H]1CCc2nc(C(F)(F)F)cn2C1)[C@@H]1Cc2ccccc2[C@@H]1O. The molecule has 7 heteroatoms. The molecule has 1 aliphatic carbocycles. The Bertz CT molecular complexity index is 802. The lowest BCUT2D eigenvalue weighted by Crippen LogP contribution is -2.40. The van der Waals surface area contributed by atoms with Gasteiger partial charge in [0.2, 0.25) is 0 Å². The number of aryl methyl sites for hydroxylation is 1. The van der Waals surface area contributed by atoms with Crippen LogP contribution in [-0.2, 0) is 25.6 Å². The van der Waals surface area contributed by atoms with Crippen molar-refractivity contribution in [2.45, 2.75) is 44.1 Å². The van der Waals surface area contributed by atoms with Crippen LogP contribution in [0.3, 0.4) is 0 Å². The van der Waals surface area contributed by atoms with Crippen LogP contribution < -0.4 is 0 Å². The fraction of sp³-hybridized carbons (Fsp3) is 0.526. The minimum atomic E-state index is -4.39. The zero-order chi connectivity index (χ0) is 18.5. The number of hydrogen-bond donors (Lipinski definition) is 1. The summed E-state index contributed by atoms with van der Waals surface area (Å²) in [5, 5.41) is 10.6. The average Bonchev–Trinajstić information content (AvgIpc) is 3.16. The molecule has 4 nitrogen and oxygen atoms in total. The van der Waals surface area contributed by atoms with Crippen molar-refractivity contribution in [3.63, 3.8) is 0 Å². The summed E-state index contributed by atoms with van der Waals surface area (Å²) in [5.41, 5.74) is 1.36. The Labute approximate surface area is 150 Å². The second kappa shape index (κ2) is 6.39. The van der Waals surface area contributed by atoms with Crippen molar-refractivity contribution in [3.8, 4) is 0 Å². The first-order chi connectivity index (χ1) is 12.3. The average molecular weight is 365 g/mol. The lowest BCUT2D eigenvalue weighted by molar-refractivity contribution is -0.141. The van der Waals surface area contributed by atoms with E-state index in [2.05, 4.69) is 9.88 Å². The van der Waals surface area contributed by atoms with E-state index in [0.717, 1.165) is 31.1 Å². The molecule has 0 saturated heterocycles. The first kappa shape index (κ1) is 17.5. The molecule has 4 rings (SSSR count). The topological polar surface area (TPSA) is 41.3 Å². The maximum atomic E-state index is 12.8. The summed E-state index contributed by atoms with van der Waals surface area (Å²) in [6, 6.07) is 7.94. The molecule has 0 unspecified atom stereocenters. The van der Waals surface area contributed by atoms with Gasteiger partial charge in [0.25, 0.3) is 0 Å². The number of fused-ring (bicyclic) bond motifs is 2. The van der Waals surface area contributed by atoms with Crippen LogP contribution in [0.4, 0.5) is 13.2 Å². The number of aromatic nitrogens is 2. The molecule has 1 N–H and O–H groups in total. The quantitative estimate of drug-likeness (QED) is 0.909. The highest BCUT2D eigenvalue weighted by molar-refractivity contribution is 5.35. The molecule has 2 heterocycles. The molecule has 1 aliphatic heterocycles. The van der Waals surface area contributed by atoms with E-state index in [1.807, 2.05) is 31.3 Å². The minimum Gasteiger partial charge on any atom is -0.387 e. The molecule has 3 atom stereocenters. The van der Waals surface area contributed by atoms with Gasteiger partial charge in [-0.25, -0.2) is 4.98 Å². The number of benzene rings is 1. The van der Waals surface area contributed by atoms with Crippen LogP contribution in [0.25, 0.3) is 0 Å². The van der Waals surface area contributed by atoms with E-state index in [0.29, 0.717) is 18.8 Å². The van der Waals surface area contributed by atoms with Gasteiger partial charge in [0.1, 0.15) is 5.82 Å². The standard InChI is InChI=1S/C19H22F3N3O/c1-24(15-8-13-4-2-3-5-14(13)18(15)26)9-12-6-7-17-23-16(19(20,21)22)11-25(17)10-12/h2-5,11-12,15,18,26H,6-10H2,1H3/t12-,15+,18-/m0/s1. The summed E-state index contributed by atoms with van der Waals surface area (Å²) >= 11 is 0. The van der Waals surface area contributed by atoms with Crippen molar-refractivity contribution in [2.24, 2.45) is 5.92 Å². The smallest absolute Gasteiger partial charge is 0.387 e. The molecule has 2 aliphatic rings. The molecule has 0 spiro atoms. The second-order valence-electron chi connectivity index (χ2n) is 7.45. The highest BCUT2D eigenvalue weighted by Gasteiger charge is 2.37. The van der Waals surface area contributed by atoms with Crippen molar-refractivity contribution >= 4 is 0 Å². The molecule has 1 aromatic carbocycles. The summed E-state index contributed by atoms with van der Waals surface area (Å²) in [6.07, 6.45) is -1.61. The third-order valence-electron chi connectivity index (χ3n) is 5.66. The Balaban J connectivity index is 1.42. The second-order valence-corrected chi connectivity index (χ2v) is 7.45. The van der Waals surface area contributed by atoms with Crippen LogP contribution in [0.1, 0.15) is 35.2 Å². The molecule has 0 fully saturated rings. The van der Waals surface area contributed by atoms with Crippen LogP contribution in [0.5, 0.6) is 0 Å². The lowest BCUT2D eigenvalue weighted by atomic mass is 9.97. The van der Waals surface area contributed by atoms with Gasteiger partial charge in [-0.3, -0.25) is 4.90 Å². The molecule has 0 bridgehead atoms. The molecule has 0 radical (unpaired) electrons. The number of alkyl halides is 3. The summed E-state index contributed by atoms with van der Waals surface area (Å²) in [6.45, 7) is 1.28. The predicted octanol–water partition coefficient (Wildman–Crippen LogP) is 3.05. The van der Waals surface area contributed by atoms with E-state index in [1.54, 1.807) is 4.57 Å². The van der Waals surface area contributed by atoms with Gasteiger partial charge in [0, 0.05) is 31.7 Å². The van der Waals surface area contributed by atoms with Crippen LogP contribution in [0.15, 0.2) is 30.5 Å². The maximum Gasteiger partial charge on any atom is 0.434 e. The number of rotatable bonds is 3. The first-order valence-electron chi connectivity index (χ1n) is 8.92. The molecule has 0 saturated carbocycles. The van der Waals surface area contributed by atoms with E-state index in [1.165, 1.54) is 5.56 Å². The van der Waals surface area contributed by atoms with Gasteiger partial charge in [0.15, 0.2) is 5.69 Å². The molecule has 140 valence electrons. The van der Waals surface area contributed by atoms with Crippen LogP contribution >= 0.6 is 0 Å². The predicted molar refractivity (Wildman–Crippen MR) is 90.6 cm³/mol. The van der Waals surface area contributed by atoms with E-state index in [9.17, 15) is 18.3 Å². The van der Waals surface area contributed by atoms with Gasteiger partial charge in [-0.2, -0.15) is 13.2 Å². The fourth-order valence-corrected chi connectivity index (χ4v) is 4.29. The van der Waals surface area contributed by atoms with Gasteiger partial charge >= 0.3 is 6.18 Å². The number of hydrogen-bond acceptors (Lipinski definition) is 3. The van der Waals surface area contributed by atoms with Crippen molar-refractivity contribution < 1.29 is 18.3 Å². The van der Waals surface area contributed by atoms with E-state index >= 15 is 0 Å². The van der Waals surface area contributed by atoms with Gasteiger partial charge in [-0.1, -0.05) is 24.3 Å². The monoisotopic (exact) mass is 365 g/mol. The third kappa shape index (κ3) is 3.14. The zero-order valence-corrected chi connectivity index (χ0v) is 14.6. The van der Waals surface area contributed by atoms with E-state index in [-0.39, 0.29) is 12.0 Å². The summed E-state index contributed by atoms with van der Waals surface area (Å²) in [5.74, 6) is 0.767. The van der Waals surface area contributed by atoms with Gasteiger partial charge in [0.05, 0.1) is 6.10 Å². The summed E-state index contributed by atoms with van der Waals surface area (Å²) < 4.78 is 40.2. The number of imidazole rings is 1. The Morgan fingerprint density at radius 3 is 2.81 bits per heavy atom. The molecular weight excluding hydrogens is 343 g/mol. The van der Waals surface area contributed by atoms with Gasteiger partial charge in [-0.15, -0.1) is 0 Å². The van der Waals surface area contributed by atoms with Crippen LogP contribution in [0.2, 0.25) is 0 Å². The Morgan fingerprint density at radius 1 is 1.31 bits per heavy atom. The fourth-order valence-electron chi connectivity index (χ4n) is 4.29. The Morgan fingerprint density at radius 2 is 2.08 bits per heavy atom. The largest absolute Gasteiger partial charge is 0.434 e. The van der Waals surface area contributed by atoms with Crippen molar-refractivity contribution in [2.75, 3.05) is 13.6 Å². The normalized spacial score (nSPS) is 25.4. The maximum absolute atomic E-state index is 12.8. The molecule has 0 amide bonds. The highest BCUT2D eigenvalue weighted by atomic mass is 19.4. The van der Waals surface area contributed by atoms with Gasteiger partial charge < -0.3 is 9.67 Å². The van der Waals surface area contributed by atoms with Crippen LogP contribution in [0, 0.1) is 5.92 Å². The molecular formula is C19H22F3N3O.